The molecule has 0 unspecified atom stereocenters. The molecular weight excluding hydrogens is 359 g/mol. The van der Waals surface area contributed by atoms with Gasteiger partial charge in [-0.15, -0.1) is 0 Å². The average Bonchev–Trinajstić information content (AvgIpc) is 2.71. The number of benzene rings is 2. The summed E-state index contributed by atoms with van der Waals surface area (Å²) >= 11 is 0. The van der Waals surface area contributed by atoms with Gasteiger partial charge >= 0.3 is 5.82 Å². The Hall–Kier alpha value is -1.80. The van der Waals surface area contributed by atoms with Crippen molar-refractivity contribution in [3.63, 3.8) is 0 Å². The van der Waals surface area contributed by atoms with Gasteiger partial charge in [0.1, 0.15) is 0 Å². The van der Waals surface area contributed by atoms with E-state index in [1.165, 1.54) is 11.0 Å². The van der Waals surface area contributed by atoms with Crippen molar-refractivity contribution in [1.82, 2.24) is 4.57 Å². The summed E-state index contributed by atoms with van der Waals surface area (Å²) in [4.78, 5) is 0. The summed E-state index contributed by atoms with van der Waals surface area (Å²) in [5, 5.41) is 0. The number of nitrogens with zero attached hydrogens (tertiary/aromatic N) is 2. The van der Waals surface area contributed by atoms with Crippen LogP contribution in [0, 0.1) is 11.8 Å². The van der Waals surface area contributed by atoms with Gasteiger partial charge < -0.3 is 24.0 Å². The van der Waals surface area contributed by atoms with Crippen LogP contribution >= 0.6 is 0 Å². The fourth-order valence-corrected chi connectivity index (χ4v) is 2.30. The van der Waals surface area contributed by atoms with E-state index >= 15 is 0 Å². The summed E-state index contributed by atoms with van der Waals surface area (Å²) in [6, 6.07) is 18.4. The molecule has 0 fully saturated rings. The minimum Gasteiger partial charge on any atom is -1.00 e. The van der Waals surface area contributed by atoms with E-state index in [9.17, 15) is 0 Å². The molecule has 0 saturated carbocycles. The maximum absolute atomic E-state index is 3.26. The van der Waals surface area contributed by atoms with Crippen molar-refractivity contribution in [2.24, 2.45) is 14.1 Å². The summed E-state index contributed by atoms with van der Waals surface area (Å²) in [5.41, 5.74) is 3.43. The van der Waals surface area contributed by atoms with Crippen LogP contribution in [0.25, 0.3) is 11.0 Å². The normalized spacial score (nSPS) is 9.70. The number of rotatable bonds is 0. The first-order chi connectivity index (χ1) is 9.27. The van der Waals surface area contributed by atoms with E-state index in [-0.39, 0.29) is 24.0 Å². The largest absolute Gasteiger partial charge is 1.00 e. The molecular formula is C17H15IN2. The molecule has 2 aromatic carbocycles. The molecule has 0 spiro atoms. The molecule has 1 aromatic heterocycles. The molecule has 0 bridgehead atoms. The Morgan fingerprint density at radius 2 is 1.55 bits per heavy atom. The molecule has 3 aromatic rings. The van der Waals surface area contributed by atoms with Crippen molar-refractivity contribution in [2.45, 2.75) is 0 Å². The summed E-state index contributed by atoms with van der Waals surface area (Å²) in [6.07, 6.45) is 0. The lowest BCUT2D eigenvalue weighted by atomic mass is 10.2. The number of fused-ring (bicyclic) bond motifs is 1. The second-order valence-electron chi connectivity index (χ2n) is 4.55. The highest BCUT2D eigenvalue weighted by Crippen LogP contribution is 2.11. The molecule has 100 valence electrons. The third-order valence-corrected chi connectivity index (χ3v) is 3.33. The van der Waals surface area contributed by atoms with Crippen LogP contribution in [0.4, 0.5) is 0 Å². The summed E-state index contributed by atoms with van der Waals surface area (Å²) in [7, 11) is 4.11. The maximum atomic E-state index is 3.26. The van der Waals surface area contributed by atoms with E-state index in [0.29, 0.717) is 0 Å². The van der Waals surface area contributed by atoms with Gasteiger partial charge in [0.05, 0.1) is 14.1 Å². The van der Waals surface area contributed by atoms with Crippen LogP contribution in [-0.4, -0.2) is 4.57 Å². The predicted octanol–water partition coefficient (Wildman–Crippen LogP) is -0.593. The number of aryl methyl sites for hydroxylation is 2. The maximum Gasteiger partial charge on any atom is 0.336 e. The Labute approximate surface area is 136 Å². The van der Waals surface area contributed by atoms with Crippen molar-refractivity contribution < 1.29 is 28.5 Å². The van der Waals surface area contributed by atoms with Crippen LogP contribution in [0.15, 0.2) is 54.6 Å². The van der Waals surface area contributed by atoms with Crippen LogP contribution in [0.2, 0.25) is 0 Å². The number of halogens is 1. The smallest absolute Gasteiger partial charge is 0.336 e. The lowest BCUT2D eigenvalue weighted by Gasteiger charge is -1.89. The van der Waals surface area contributed by atoms with Crippen LogP contribution in [0.5, 0.6) is 0 Å². The molecule has 0 radical (unpaired) electrons. The molecule has 0 N–H and O–H groups in total. The zero-order valence-corrected chi connectivity index (χ0v) is 13.6. The van der Waals surface area contributed by atoms with Crippen molar-refractivity contribution in [2.75, 3.05) is 0 Å². The minimum absolute atomic E-state index is 0. The zero-order valence-electron chi connectivity index (χ0n) is 11.5. The van der Waals surface area contributed by atoms with Crippen molar-refractivity contribution in [3.8, 4) is 11.8 Å². The molecule has 1 heterocycles. The van der Waals surface area contributed by atoms with E-state index in [1.54, 1.807) is 0 Å². The van der Waals surface area contributed by atoms with Crippen molar-refractivity contribution >= 4 is 11.0 Å². The van der Waals surface area contributed by atoms with Crippen LogP contribution in [-0.2, 0) is 14.1 Å². The van der Waals surface area contributed by atoms with E-state index < -0.39 is 0 Å². The average molecular weight is 374 g/mol. The highest BCUT2D eigenvalue weighted by molar-refractivity contribution is 5.72. The van der Waals surface area contributed by atoms with Gasteiger partial charge in [0.2, 0.25) is 0 Å². The molecule has 0 aliphatic rings. The van der Waals surface area contributed by atoms with Gasteiger partial charge in [-0.2, -0.15) is 0 Å². The van der Waals surface area contributed by atoms with Crippen LogP contribution in [0.3, 0.4) is 0 Å². The molecule has 3 rings (SSSR count). The number of hydrogen-bond acceptors (Lipinski definition) is 0. The molecule has 0 aliphatic carbocycles. The third-order valence-electron chi connectivity index (χ3n) is 3.33. The fraction of sp³-hybridized carbons (Fsp3) is 0.118. The van der Waals surface area contributed by atoms with E-state index in [2.05, 4.69) is 59.3 Å². The SMILES string of the molecule is Cn1c(C#Cc2ccccc2)[n+](C)c2ccccc21.[I-]. The van der Waals surface area contributed by atoms with Crippen LogP contribution < -0.4 is 28.5 Å². The lowest BCUT2D eigenvalue weighted by molar-refractivity contribution is -0.648. The number of aromatic nitrogens is 2. The second-order valence-corrected chi connectivity index (χ2v) is 4.55. The molecule has 0 amide bonds. The Bertz CT molecular complexity index is 753. The fourth-order valence-electron chi connectivity index (χ4n) is 2.30. The Kier molecular flexibility index (Phi) is 4.46. The molecule has 2 nitrogen and oxygen atoms in total. The first-order valence-electron chi connectivity index (χ1n) is 6.28. The molecule has 20 heavy (non-hydrogen) atoms. The van der Waals surface area contributed by atoms with Gasteiger partial charge in [0, 0.05) is 11.5 Å². The highest BCUT2D eigenvalue weighted by Gasteiger charge is 2.16. The zero-order chi connectivity index (χ0) is 13.2. The summed E-state index contributed by atoms with van der Waals surface area (Å²) < 4.78 is 4.26. The van der Waals surface area contributed by atoms with Gasteiger partial charge in [-0.25, -0.2) is 9.13 Å². The quantitative estimate of drug-likeness (QED) is 0.283. The standard InChI is InChI=1S/C17H15N2.HI/c1-18-15-10-6-7-11-16(15)19(2)17(18)13-12-14-8-4-3-5-9-14;/h3-11H,1-2H3;1H/q+1;/p-1. The summed E-state index contributed by atoms with van der Waals surface area (Å²) in [6.45, 7) is 0. The molecule has 3 heteroatoms. The molecule has 0 aliphatic heterocycles. The van der Waals surface area contributed by atoms with Crippen molar-refractivity contribution in [3.05, 3.63) is 66.0 Å². The summed E-state index contributed by atoms with van der Waals surface area (Å²) in [5.74, 6) is 7.48. The van der Waals surface area contributed by atoms with Crippen molar-refractivity contribution in [1.29, 1.82) is 0 Å². The predicted molar refractivity (Wildman–Crippen MR) is 76.5 cm³/mol. The van der Waals surface area contributed by atoms with Gasteiger partial charge in [-0.1, -0.05) is 36.3 Å². The number of hydrogen-bond donors (Lipinski definition) is 0. The molecule has 0 saturated heterocycles. The minimum atomic E-state index is 0. The Morgan fingerprint density at radius 3 is 2.25 bits per heavy atom. The monoisotopic (exact) mass is 374 g/mol. The van der Waals surface area contributed by atoms with Gasteiger partial charge in [0.25, 0.3) is 0 Å². The van der Waals surface area contributed by atoms with E-state index in [4.69, 9.17) is 0 Å². The number of para-hydroxylation sites is 2. The number of imidazole rings is 1. The van der Waals surface area contributed by atoms with E-state index in [1.807, 2.05) is 30.3 Å². The van der Waals surface area contributed by atoms with Gasteiger partial charge in [-0.05, 0) is 24.3 Å². The molecule has 0 atom stereocenters. The topological polar surface area (TPSA) is 8.81 Å². The highest BCUT2D eigenvalue weighted by atomic mass is 127. The van der Waals surface area contributed by atoms with Crippen LogP contribution in [0.1, 0.15) is 11.4 Å². The Morgan fingerprint density at radius 1 is 0.900 bits per heavy atom. The second kappa shape index (κ2) is 6.10. The van der Waals surface area contributed by atoms with Gasteiger partial charge in [0.15, 0.2) is 11.0 Å². The lowest BCUT2D eigenvalue weighted by Crippen LogP contribution is -3.00. The first-order valence-corrected chi connectivity index (χ1v) is 6.28. The third kappa shape index (κ3) is 2.56. The first kappa shape index (κ1) is 14.6. The van der Waals surface area contributed by atoms with E-state index in [0.717, 1.165) is 11.4 Å². The Balaban J connectivity index is 0.00000147. The van der Waals surface area contributed by atoms with Gasteiger partial charge in [-0.3, -0.25) is 0 Å².